The predicted molar refractivity (Wildman–Crippen MR) is 117 cm³/mol. The Bertz CT molecular complexity index is 886. The first-order valence-corrected chi connectivity index (χ1v) is 10.2. The molecule has 29 heavy (non-hydrogen) atoms. The van der Waals surface area contributed by atoms with Crippen LogP contribution in [0.25, 0.3) is 0 Å². The summed E-state index contributed by atoms with van der Waals surface area (Å²) in [7, 11) is 0. The molecule has 0 radical (unpaired) electrons. The van der Waals surface area contributed by atoms with Crippen molar-refractivity contribution in [3.05, 3.63) is 65.2 Å². The number of fused-ring (bicyclic) bond motifs is 1. The average Bonchev–Trinajstić information content (AvgIpc) is 2.70. The fraction of sp³-hybridized carbons (Fsp3) is 0.417. The summed E-state index contributed by atoms with van der Waals surface area (Å²) in [6.07, 6.45) is 1.05. The van der Waals surface area contributed by atoms with Crippen molar-refractivity contribution in [1.29, 1.82) is 0 Å². The molecule has 2 aromatic rings. The van der Waals surface area contributed by atoms with Crippen molar-refractivity contribution in [1.82, 2.24) is 10.2 Å². The number of amides is 2. The highest BCUT2D eigenvalue weighted by atomic mass is 16.2. The van der Waals surface area contributed by atoms with Crippen LogP contribution in [0.3, 0.4) is 0 Å². The molecular weight excluding hydrogens is 362 g/mol. The normalized spacial score (nSPS) is 15.3. The molecule has 3 rings (SSSR count). The lowest BCUT2D eigenvalue weighted by molar-refractivity contribution is -0.123. The summed E-state index contributed by atoms with van der Waals surface area (Å²) in [5, 5.41) is 5.91. The highest BCUT2D eigenvalue weighted by Crippen LogP contribution is 2.20. The zero-order chi connectivity index (χ0) is 21.0. The SMILES string of the molecule is CC(CNC(=O)c1cccc(NC(=O)C(C)(C)C)c1)N1CCc2ccccc2C1. The Morgan fingerprint density at radius 2 is 1.79 bits per heavy atom. The third-order valence-electron chi connectivity index (χ3n) is 5.41. The van der Waals surface area contributed by atoms with Crippen LogP contribution < -0.4 is 10.6 Å². The number of hydrogen-bond acceptors (Lipinski definition) is 3. The first-order chi connectivity index (χ1) is 13.7. The topological polar surface area (TPSA) is 61.4 Å². The molecule has 1 atom stereocenters. The molecule has 0 fully saturated rings. The van der Waals surface area contributed by atoms with Crippen molar-refractivity contribution >= 4 is 17.5 Å². The van der Waals surface area contributed by atoms with E-state index in [1.807, 2.05) is 20.8 Å². The van der Waals surface area contributed by atoms with E-state index in [0.29, 0.717) is 17.8 Å². The number of nitrogens with one attached hydrogen (secondary N) is 2. The van der Waals surface area contributed by atoms with Crippen molar-refractivity contribution in [2.24, 2.45) is 5.41 Å². The van der Waals surface area contributed by atoms with Gasteiger partial charge in [-0.1, -0.05) is 51.1 Å². The minimum Gasteiger partial charge on any atom is -0.350 e. The molecule has 1 heterocycles. The zero-order valence-electron chi connectivity index (χ0n) is 17.8. The van der Waals surface area contributed by atoms with Gasteiger partial charge in [-0.25, -0.2) is 0 Å². The Morgan fingerprint density at radius 1 is 1.07 bits per heavy atom. The van der Waals surface area contributed by atoms with Gasteiger partial charge < -0.3 is 10.6 Å². The molecule has 5 nitrogen and oxygen atoms in total. The molecule has 154 valence electrons. The maximum Gasteiger partial charge on any atom is 0.251 e. The van der Waals surface area contributed by atoms with E-state index in [2.05, 4.69) is 46.7 Å². The first kappa shape index (κ1) is 21.1. The van der Waals surface area contributed by atoms with Gasteiger partial charge in [-0.3, -0.25) is 14.5 Å². The highest BCUT2D eigenvalue weighted by molar-refractivity contribution is 5.98. The Labute approximate surface area is 173 Å². The fourth-order valence-corrected chi connectivity index (χ4v) is 3.42. The molecule has 2 aromatic carbocycles. The molecule has 0 aliphatic carbocycles. The number of rotatable bonds is 5. The van der Waals surface area contributed by atoms with E-state index in [1.165, 1.54) is 11.1 Å². The smallest absolute Gasteiger partial charge is 0.251 e. The summed E-state index contributed by atoms with van der Waals surface area (Å²) >= 11 is 0. The Hall–Kier alpha value is -2.66. The molecule has 1 unspecified atom stereocenters. The lowest BCUT2D eigenvalue weighted by atomic mass is 9.95. The largest absolute Gasteiger partial charge is 0.350 e. The second-order valence-electron chi connectivity index (χ2n) is 8.83. The molecular formula is C24H31N3O2. The van der Waals surface area contributed by atoms with Gasteiger partial charge in [0.2, 0.25) is 5.91 Å². The highest BCUT2D eigenvalue weighted by Gasteiger charge is 2.22. The van der Waals surface area contributed by atoms with Crippen molar-refractivity contribution in [2.45, 2.75) is 46.7 Å². The third-order valence-corrected chi connectivity index (χ3v) is 5.41. The molecule has 0 saturated carbocycles. The molecule has 0 spiro atoms. The van der Waals surface area contributed by atoms with Crippen molar-refractivity contribution in [3.8, 4) is 0 Å². The molecule has 0 aromatic heterocycles. The fourth-order valence-electron chi connectivity index (χ4n) is 3.42. The van der Waals surface area contributed by atoms with Crippen LogP contribution in [0.5, 0.6) is 0 Å². The minimum absolute atomic E-state index is 0.0749. The number of nitrogens with zero attached hydrogens (tertiary/aromatic N) is 1. The molecule has 5 heteroatoms. The average molecular weight is 394 g/mol. The summed E-state index contributed by atoms with van der Waals surface area (Å²) in [6.45, 7) is 10.2. The maximum absolute atomic E-state index is 12.6. The minimum atomic E-state index is -0.485. The van der Waals surface area contributed by atoms with Crippen LogP contribution in [-0.2, 0) is 17.8 Å². The standard InChI is InChI=1S/C24H31N3O2/c1-17(27-13-12-18-8-5-6-9-20(18)16-27)15-25-22(28)19-10-7-11-21(14-19)26-23(29)24(2,3)4/h5-11,14,17H,12-13,15-16H2,1-4H3,(H,25,28)(H,26,29). The molecule has 0 bridgehead atoms. The summed E-state index contributed by atoms with van der Waals surface area (Å²) < 4.78 is 0. The first-order valence-electron chi connectivity index (χ1n) is 10.2. The molecule has 0 saturated heterocycles. The van der Waals surface area contributed by atoms with Gasteiger partial charge in [0.05, 0.1) is 0 Å². The van der Waals surface area contributed by atoms with Gasteiger partial charge in [-0.2, -0.15) is 0 Å². The predicted octanol–water partition coefficient (Wildman–Crippen LogP) is 3.85. The van der Waals surface area contributed by atoms with Crippen LogP contribution >= 0.6 is 0 Å². The van der Waals surface area contributed by atoms with Crippen LogP contribution in [0.2, 0.25) is 0 Å². The summed E-state index contributed by atoms with van der Waals surface area (Å²) in [6, 6.07) is 15.9. The molecule has 2 amide bonds. The van der Waals surface area contributed by atoms with Gasteiger partial charge in [0.1, 0.15) is 0 Å². The van der Waals surface area contributed by atoms with E-state index in [4.69, 9.17) is 0 Å². The van der Waals surface area contributed by atoms with Crippen LogP contribution in [0, 0.1) is 5.41 Å². The van der Waals surface area contributed by atoms with Crippen molar-refractivity contribution in [3.63, 3.8) is 0 Å². The van der Waals surface area contributed by atoms with E-state index in [9.17, 15) is 9.59 Å². The van der Waals surface area contributed by atoms with Gasteiger partial charge >= 0.3 is 0 Å². The van der Waals surface area contributed by atoms with E-state index >= 15 is 0 Å². The van der Waals surface area contributed by atoms with Gasteiger partial charge in [-0.05, 0) is 42.7 Å². The summed E-state index contributed by atoms with van der Waals surface area (Å²) in [5.74, 6) is -0.199. The summed E-state index contributed by atoms with van der Waals surface area (Å²) in [5.41, 5.74) is 3.50. The van der Waals surface area contributed by atoms with Crippen LogP contribution in [0.1, 0.15) is 49.2 Å². The van der Waals surface area contributed by atoms with Gasteiger partial charge in [0.25, 0.3) is 5.91 Å². The summed E-state index contributed by atoms with van der Waals surface area (Å²) in [4.78, 5) is 27.2. The van der Waals surface area contributed by atoms with Crippen LogP contribution in [0.15, 0.2) is 48.5 Å². The lowest BCUT2D eigenvalue weighted by Crippen LogP contribution is -2.44. The Kier molecular flexibility index (Phi) is 6.38. The monoisotopic (exact) mass is 393 g/mol. The Morgan fingerprint density at radius 3 is 2.52 bits per heavy atom. The quantitative estimate of drug-likeness (QED) is 0.811. The van der Waals surface area contributed by atoms with Gasteiger partial charge in [0, 0.05) is 42.3 Å². The molecule has 1 aliphatic rings. The number of anilines is 1. The van der Waals surface area contributed by atoms with Crippen LogP contribution in [0.4, 0.5) is 5.69 Å². The van der Waals surface area contributed by atoms with Crippen molar-refractivity contribution in [2.75, 3.05) is 18.4 Å². The van der Waals surface area contributed by atoms with E-state index < -0.39 is 5.41 Å². The van der Waals surface area contributed by atoms with E-state index in [-0.39, 0.29) is 17.9 Å². The van der Waals surface area contributed by atoms with Crippen LogP contribution in [-0.4, -0.2) is 35.8 Å². The number of carbonyl (C=O) groups is 2. The Balaban J connectivity index is 1.55. The second-order valence-corrected chi connectivity index (χ2v) is 8.83. The second kappa shape index (κ2) is 8.78. The van der Waals surface area contributed by atoms with E-state index in [0.717, 1.165) is 19.5 Å². The maximum atomic E-state index is 12.6. The number of benzene rings is 2. The van der Waals surface area contributed by atoms with Gasteiger partial charge in [0.15, 0.2) is 0 Å². The zero-order valence-corrected chi connectivity index (χ0v) is 17.8. The number of carbonyl (C=O) groups excluding carboxylic acids is 2. The molecule has 1 aliphatic heterocycles. The lowest BCUT2D eigenvalue weighted by Gasteiger charge is -2.33. The number of hydrogen-bond donors (Lipinski definition) is 2. The molecule has 2 N–H and O–H groups in total. The van der Waals surface area contributed by atoms with Gasteiger partial charge in [-0.15, -0.1) is 0 Å². The third kappa shape index (κ3) is 5.45. The van der Waals surface area contributed by atoms with Crippen molar-refractivity contribution < 1.29 is 9.59 Å². The van der Waals surface area contributed by atoms with E-state index in [1.54, 1.807) is 24.3 Å².